The van der Waals surface area contributed by atoms with Crippen LogP contribution in [0.1, 0.15) is 11.4 Å². The average Bonchev–Trinajstić information content (AvgIpc) is 3.37. The molecule has 3 heterocycles. The van der Waals surface area contributed by atoms with Gasteiger partial charge in [-0.15, -0.1) is 0 Å². The zero-order chi connectivity index (χ0) is 20.0. The van der Waals surface area contributed by atoms with Gasteiger partial charge in [-0.2, -0.15) is 16.6 Å². The van der Waals surface area contributed by atoms with Crippen LogP contribution in [0.2, 0.25) is 5.02 Å². The highest BCUT2D eigenvalue weighted by molar-refractivity contribution is 7.08. The SMILES string of the molecule is Cc1nc2cnc3ccc(-c4ccsc4)cc3c2n1-c1ccc(CC#N)c(Cl)c1. The van der Waals surface area contributed by atoms with E-state index < -0.39 is 0 Å². The number of nitrogens with zero attached hydrogens (tertiary/aromatic N) is 4. The van der Waals surface area contributed by atoms with Crippen molar-refractivity contribution in [3.8, 4) is 22.9 Å². The molecule has 0 bridgehead atoms. The maximum Gasteiger partial charge on any atom is 0.111 e. The van der Waals surface area contributed by atoms with E-state index >= 15 is 0 Å². The summed E-state index contributed by atoms with van der Waals surface area (Å²) in [6.45, 7) is 1.98. The van der Waals surface area contributed by atoms with Crippen molar-refractivity contribution in [1.82, 2.24) is 14.5 Å². The first-order valence-corrected chi connectivity index (χ1v) is 10.4. The average molecular weight is 415 g/mol. The van der Waals surface area contributed by atoms with Crippen molar-refractivity contribution in [2.75, 3.05) is 0 Å². The van der Waals surface area contributed by atoms with Crippen LogP contribution in [0.5, 0.6) is 0 Å². The van der Waals surface area contributed by atoms with Crippen molar-refractivity contribution in [2.24, 2.45) is 0 Å². The lowest BCUT2D eigenvalue weighted by Crippen LogP contribution is -1.99. The molecule has 140 valence electrons. The number of hydrogen-bond donors (Lipinski definition) is 0. The lowest BCUT2D eigenvalue weighted by molar-refractivity contribution is 1.00. The van der Waals surface area contributed by atoms with Crippen LogP contribution in [0.15, 0.2) is 59.4 Å². The molecule has 6 heteroatoms. The van der Waals surface area contributed by atoms with E-state index in [1.165, 1.54) is 5.56 Å². The molecule has 0 aliphatic heterocycles. The van der Waals surface area contributed by atoms with Crippen molar-refractivity contribution in [1.29, 1.82) is 5.26 Å². The zero-order valence-electron chi connectivity index (χ0n) is 15.6. The highest BCUT2D eigenvalue weighted by atomic mass is 35.5. The van der Waals surface area contributed by atoms with E-state index in [1.807, 2.05) is 31.3 Å². The summed E-state index contributed by atoms with van der Waals surface area (Å²) in [6, 6.07) is 16.4. The number of nitriles is 1. The van der Waals surface area contributed by atoms with Crippen molar-refractivity contribution in [3.63, 3.8) is 0 Å². The molecule has 0 amide bonds. The highest BCUT2D eigenvalue weighted by Gasteiger charge is 2.15. The van der Waals surface area contributed by atoms with Crippen LogP contribution in [-0.2, 0) is 6.42 Å². The van der Waals surface area contributed by atoms with E-state index in [2.05, 4.69) is 50.6 Å². The summed E-state index contributed by atoms with van der Waals surface area (Å²) in [6.07, 6.45) is 2.11. The van der Waals surface area contributed by atoms with Crippen molar-refractivity contribution >= 4 is 44.9 Å². The predicted octanol–water partition coefficient (Wildman–Crippen LogP) is 6.33. The summed E-state index contributed by atoms with van der Waals surface area (Å²) in [5.74, 6) is 0.860. The molecule has 4 nitrogen and oxygen atoms in total. The number of pyridine rings is 1. The molecule has 2 aromatic carbocycles. The van der Waals surface area contributed by atoms with Crippen molar-refractivity contribution in [2.45, 2.75) is 13.3 Å². The Balaban J connectivity index is 1.79. The second kappa shape index (κ2) is 7.00. The van der Waals surface area contributed by atoms with Gasteiger partial charge in [0.05, 0.1) is 29.7 Å². The molecular weight excluding hydrogens is 400 g/mol. The smallest absolute Gasteiger partial charge is 0.111 e. The fourth-order valence-corrected chi connectivity index (χ4v) is 4.61. The van der Waals surface area contributed by atoms with E-state index in [0.29, 0.717) is 11.4 Å². The Bertz CT molecular complexity index is 1410. The molecule has 29 heavy (non-hydrogen) atoms. The summed E-state index contributed by atoms with van der Waals surface area (Å²) in [5, 5.41) is 14.8. The molecule has 5 aromatic rings. The quantitative estimate of drug-likeness (QED) is 0.346. The largest absolute Gasteiger partial charge is 0.296 e. The van der Waals surface area contributed by atoms with Crippen molar-refractivity contribution in [3.05, 3.63) is 75.8 Å². The molecule has 0 spiro atoms. The molecule has 0 saturated carbocycles. The van der Waals surface area contributed by atoms with Crippen LogP contribution >= 0.6 is 22.9 Å². The maximum atomic E-state index is 8.98. The highest BCUT2D eigenvalue weighted by Crippen LogP contribution is 2.32. The number of fused-ring (bicyclic) bond motifs is 3. The summed E-state index contributed by atoms with van der Waals surface area (Å²) in [5.41, 5.74) is 6.87. The molecule has 5 rings (SSSR count). The van der Waals surface area contributed by atoms with Gasteiger partial charge in [-0.1, -0.05) is 23.7 Å². The van der Waals surface area contributed by atoms with Gasteiger partial charge in [-0.05, 0) is 64.7 Å². The molecule has 0 unspecified atom stereocenters. The Labute approximate surface area is 176 Å². The first kappa shape index (κ1) is 17.9. The molecule has 0 radical (unpaired) electrons. The second-order valence-corrected chi connectivity index (χ2v) is 8.03. The van der Waals surface area contributed by atoms with Gasteiger partial charge < -0.3 is 0 Å². The van der Waals surface area contributed by atoms with Crippen LogP contribution in [-0.4, -0.2) is 14.5 Å². The van der Waals surface area contributed by atoms with Crippen molar-refractivity contribution < 1.29 is 0 Å². The standard InChI is InChI=1S/C23H15ClN4S/c1-14-27-22-12-26-21-5-3-16(17-7-9-29-13-17)10-19(21)23(22)28(14)18-4-2-15(6-8-25)20(24)11-18/h2-5,7,9-13H,6H2,1H3. The van der Waals surface area contributed by atoms with Gasteiger partial charge in [0, 0.05) is 16.1 Å². The first-order valence-electron chi connectivity index (χ1n) is 9.12. The summed E-state index contributed by atoms with van der Waals surface area (Å²) in [4.78, 5) is 9.33. The van der Waals surface area contributed by atoms with E-state index in [4.69, 9.17) is 21.8 Å². The number of thiophene rings is 1. The Kier molecular flexibility index (Phi) is 4.31. The Morgan fingerprint density at radius 3 is 2.76 bits per heavy atom. The minimum Gasteiger partial charge on any atom is -0.296 e. The van der Waals surface area contributed by atoms with E-state index in [1.54, 1.807) is 11.3 Å². The topological polar surface area (TPSA) is 54.5 Å². The Hall–Kier alpha value is -3.20. The normalized spacial score (nSPS) is 11.2. The number of aromatic nitrogens is 3. The zero-order valence-corrected chi connectivity index (χ0v) is 17.1. The third-order valence-electron chi connectivity index (χ3n) is 5.07. The van der Waals surface area contributed by atoms with Gasteiger partial charge in [0.2, 0.25) is 0 Å². The summed E-state index contributed by atoms with van der Waals surface area (Å²) >= 11 is 8.13. The Morgan fingerprint density at radius 2 is 2.00 bits per heavy atom. The summed E-state index contributed by atoms with van der Waals surface area (Å²) in [7, 11) is 0. The molecule has 0 atom stereocenters. The molecular formula is C23H15ClN4S. The maximum absolute atomic E-state index is 8.98. The number of benzene rings is 2. The lowest BCUT2D eigenvalue weighted by Gasteiger charge is -2.11. The lowest BCUT2D eigenvalue weighted by atomic mass is 10.1. The van der Waals surface area contributed by atoms with E-state index in [9.17, 15) is 0 Å². The van der Waals surface area contributed by atoms with Crippen LogP contribution in [0.3, 0.4) is 0 Å². The Morgan fingerprint density at radius 1 is 1.10 bits per heavy atom. The number of aryl methyl sites for hydroxylation is 1. The number of hydrogen-bond acceptors (Lipinski definition) is 4. The molecule has 0 aliphatic rings. The van der Waals surface area contributed by atoms with Gasteiger partial charge >= 0.3 is 0 Å². The molecule has 3 aromatic heterocycles. The minimum atomic E-state index is 0.291. The molecule has 0 N–H and O–H groups in total. The minimum absolute atomic E-state index is 0.291. The third-order valence-corrected chi connectivity index (χ3v) is 6.10. The fraction of sp³-hybridized carbons (Fsp3) is 0.0870. The van der Waals surface area contributed by atoms with Gasteiger partial charge in [0.15, 0.2) is 0 Å². The van der Waals surface area contributed by atoms with Crippen LogP contribution in [0, 0.1) is 18.3 Å². The first-order chi connectivity index (χ1) is 14.2. The number of imidazole rings is 1. The van der Waals surface area contributed by atoms with E-state index in [-0.39, 0.29) is 0 Å². The summed E-state index contributed by atoms with van der Waals surface area (Å²) < 4.78 is 2.11. The van der Waals surface area contributed by atoms with E-state index in [0.717, 1.165) is 44.6 Å². The monoisotopic (exact) mass is 414 g/mol. The van der Waals surface area contributed by atoms with Crippen LogP contribution in [0.25, 0.3) is 38.8 Å². The second-order valence-electron chi connectivity index (χ2n) is 6.84. The number of rotatable bonds is 3. The van der Waals surface area contributed by atoms with Crippen LogP contribution in [0.4, 0.5) is 0 Å². The molecule has 0 aliphatic carbocycles. The fourth-order valence-electron chi connectivity index (χ4n) is 3.70. The van der Waals surface area contributed by atoms with Gasteiger partial charge in [-0.3, -0.25) is 9.55 Å². The van der Waals surface area contributed by atoms with Gasteiger partial charge in [0.1, 0.15) is 11.3 Å². The third kappa shape index (κ3) is 2.98. The molecule has 0 fully saturated rings. The van der Waals surface area contributed by atoms with Gasteiger partial charge in [-0.25, -0.2) is 4.98 Å². The predicted molar refractivity (Wildman–Crippen MR) is 119 cm³/mol. The molecule has 0 saturated heterocycles. The van der Waals surface area contributed by atoms with Gasteiger partial charge in [0.25, 0.3) is 0 Å². The van der Waals surface area contributed by atoms with Crippen LogP contribution < -0.4 is 0 Å². The number of halogens is 1.